The van der Waals surface area contributed by atoms with Crippen molar-refractivity contribution in [1.29, 1.82) is 0 Å². The number of methoxy groups -OCH3 is 1. The van der Waals surface area contributed by atoms with Gasteiger partial charge in [-0.2, -0.15) is 0 Å². The molecule has 9 heteroatoms. The van der Waals surface area contributed by atoms with Crippen molar-refractivity contribution < 1.29 is 4.74 Å². The quantitative estimate of drug-likeness (QED) is 0.171. The number of hydrogen-bond acceptors (Lipinski definition) is 6. The molecule has 6 rings (SSSR count). The molecule has 0 saturated heterocycles. The van der Waals surface area contributed by atoms with Crippen LogP contribution in [0, 0.1) is 13.8 Å². The number of benzene rings is 4. The molecule has 45 heavy (non-hydrogen) atoms. The van der Waals surface area contributed by atoms with Crippen LogP contribution in [-0.2, 0) is 26.1 Å². The number of aromatic nitrogens is 5. The molecule has 0 amide bonds. The Bertz CT molecular complexity index is 1970. The standard InChI is InChI=1S/C36H35ClN6O2/c1-24-19-25(2)30-21-31(36(44)38-33(30)20-24)34(35-39-40-41-43(35)18-17-26-9-5-4-6-10-26)42(23-28-11-7-8-12-32(28)37)22-27-13-15-29(45-3)16-14-27/h4-16,19-21,34H,17-18,22-23H2,1-3H3,(H,38,44)/t34-/m0/s1. The predicted molar refractivity (Wildman–Crippen MR) is 178 cm³/mol. The van der Waals surface area contributed by atoms with E-state index in [0.29, 0.717) is 36.0 Å². The Hall–Kier alpha value is -4.79. The van der Waals surface area contributed by atoms with Crippen LogP contribution in [0.3, 0.4) is 0 Å². The van der Waals surface area contributed by atoms with Gasteiger partial charge < -0.3 is 9.72 Å². The maximum absolute atomic E-state index is 14.0. The van der Waals surface area contributed by atoms with Crippen LogP contribution in [0.2, 0.25) is 5.02 Å². The largest absolute Gasteiger partial charge is 0.497 e. The van der Waals surface area contributed by atoms with Gasteiger partial charge in [0.1, 0.15) is 11.8 Å². The molecule has 0 aliphatic carbocycles. The summed E-state index contributed by atoms with van der Waals surface area (Å²) in [6.07, 6.45) is 0.737. The van der Waals surface area contributed by atoms with Gasteiger partial charge in [0.05, 0.1) is 7.11 Å². The van der Waals surface area contributed by atoms with Gasteiger partial charge in [0.25, 0.3) is 5.56 Å². The number of rotatable bonds is 11. The van der Waals surface area contributed by atoms with Crippen molar-refractivity contribution >= 4 is 22.5 Å². The molecule has 0 unspecified atom stereocenters. The van der Waals surface area contributed by atoms with Crippen molar-refractivity contribution in [2.24, 2.45) is 0 Å². The van der Waals surface area contributed by atoms with Crippen LogP contribution in [0.15, 0.2) is 102 Å². The SMILES string of the molecule is COc1ccc(CN(Cc2ccccc2Cl)[C@@H](c2cc3c(C)cc(C)cc3[nH]c2=O)c2nnnn2CCc2ccccc2)cc1. The third kappa shape index (κ3) is 6.82. The van der Waals surface area contributed by atoms with Crippen LogP contribution in [0.1, 0.15) is 45.2 Å². The van der Waals surface area contributed by atoms with E-state index in [2.05, 4.69) is 50.5 Å². The molecule has 6 aromatic rings. The number of nitrogens with zero attached hydrogens (tertiary/aromatic N) is 5. The molecule has 0 aliphatic heterocycles. The number of halogens is 1. The number of H-pyrrole nitrogens is 1. The number of aromatic amines is 1. The zero-order valence-corrected chi connectivity index (χ0v) is 26.3. The van der Waals surface area contributed by atoms with E-state index < -0.39 is 6.04 Å². The Morgan fingerprint density at radius 1 is 0.911 bits per heavy atom. The second-order valence-electron chi connectivity index (χ2n) is 11.3. The van der Waals surface area contributed by atoms with Gasteiger partial charge in [-0.25, -0.2) is 4.68 Å². The summed E-state index contributed by atoms with van der Waals surface area (Å²) < 4.78 is 7.23. The first-order chi connectivity index (χ1) is 21.9. The highest BCUT2D eigenvalue weighted by Crippen LogP contribution is 2.32. The molecule has 8 nitrogen and oxygen atoms in total. The van der Waals surface area contributed by atoms with Crippen LogP contribution in [0.5, 0.6) is 5.75 Å². The summed E-state index contributed by atoms with van der Waals surface area (Å²) in [6, 6.07) is 31.5. The van der Waals surface area contributed by atoms with Crippen molar-refractivity contribution in [3.05, 3.63) is 152 Å². The van der Waals surface area contributed by atoms with Crippen LogP contribution in [0.25, 0.3) is 10.9 Å². The summed E-state index contributed by atoms with van der Waals surface area (Å²) >= 11 is 6.72. The van der Waals surface area contributed by atoms with Crippen molar-refractivity contribution in [3.63, 3.8) is 0 Å². The molecule has 228 valence electrons. The molecule has 4 aromatic carbocycles. The van der Waals surface area contributed by atoms with E-state index in [1.807, 2.05) is 90.5 Å². The highest BCUT2D eigenvalue weighted by Gasteiger charge is 2.31. The van der Waals surface area contributed by atoms with E-state index in [1.165, 1.54) is 5.56 Å². The number of ether oxygens (including phenoxy) is 1. The van der Waals surface area contributed by atoms with Crippen molar-refractivity contribution in [2.45, 2.75) is 45.9 Å². The second-order valence-corrected chi connectivity index (χ2v) is 11.7. The molecule has 0 fully saturated rings. The molecule has 2 heterocycles. The lowest BCUT2D eigenvalue weighted by molar-refractivity contribution is 0.193. The maximum Gasteiger partial charge on any atom is 0.253 e. The van der Waals surface area contributed by atoms with E-state index in [1.54, 1.807) is 7.11 Å². The highest BCUT2D eigenvalue weighted by atomic mass is 35.5. The number of hydrogen-bond donors (Lipinski definition) is 1. The minimum atomic E-state index is -0.594. The molecule has 0 bridgehead atoms. The van der Waals surface area contributed by atoms with Gasteiger partial charge in [-0.15, -0.1) is 5.10 Å². The first-order valence-corrected chi connectivity index (χ1v) is 15.3. The number of nitrogens with one attached hydrogen (secondary N) is 1. The van der Waals surface area contributed by atoms with Gasteiger partial charge in [-0.1, -0.05) is 78.3 Å². The lowest BCUT2D eigenvalue weighted by Gasteiger charge is -2.31. The van der Waals surface area contributed by atoms with Crippen molar-refractivity contribution in [1.82, 2.24) is 30.1 Å². The second kappa shape index (κ2) is 13.5. The highest BCUT2D eigenvalue weighted by molar-refractivity contribution is 6.31. The molecule has 0 saturated carbocycles. The fraction of sp³-hybridized carbons (Fsp3) is 0.222. The van der Waals surface area contributed by atoms with Gasteiger partial charge in [0.15, 0.2) is 5.82 Å². The van der Waals surface area contributed by atoms with Gasteiger partial charge in [0, 0.05) is 41.1 Å². The third-order valence-corrected chi connectivity index (χ3v) is 8.51. The smallest absolute Gasteiger partial charge is 0.253 e. The minimum absolute atomic E-state index is 0.186. The van der Waals surface area contributed by atoms with Crippen molar-refractivity contribution in [2.75, 3.05) is 7.11 Å². The summed E-state index contributed by atoms with van der Waals surface area (Å²) in [4.78, 5) is 19.4. The number of pyridine rings is 1. The molecule has 0 radical (unpaired) electrons. The fourth-order valence-electron chi connectivity index (χ4n) is 5.89. The minimum Gasteiger partial charge on any atom is -0.497 e. The van der Waals surface area contributed by atoms with E-state index in [-0.39, 0.29) is 5.56 Å². The lowest BCUT2D eigenvalue weighted by Crippen LogP contribution is -2.35. The number of fused-ring (bicyclic) bond motifs is 1. The van der Waals surface area contributed by atoms with E-state index in [0.717, 1.165) is 45.3 Å². The molecular weight excluding hydrogens is 584 g/mol. The zero-order chi connectivity index (χ0) is 31.3. The Kier molecular flexibility index (Phi) is 9.05. The van der Waals surface area contributed by atoms with Crippen LogP contribution < -0.4 is 10.3 Å². The molecule has 1 atom stereocenters. The molecule has 0 aliphatic rings. The van der Waals surface area contributed by atoms with E-state index in [9.17, 15) is 4.79 Å². The normalized spacial score (nSPS) is 12.1. The first-order valence-electron chi connectivity index (χ1n) is 14.9. The third-order valence-electron chi connectivity index (χ3n) is 8.14. The Morgan fingerprint density at radius 3 is 2.42 bits per heavy atom. The summed E-state index contributed by atoms with van der Waals surface area (Å²) in [5, 5.41) is 14.7. The monoisotopic (exact) mass is 618 g/mol. The number of tetrazole rings is 1. The topological polar surface area (TPSA) is 88.9 Å². The van der Waals surface area contributed by atoms with Crippen LogP contribution in [0.4, 0.5) is 0 Å². The molecular formula is C36H35ClN6O2. The Balaban J connectivity index is 1.51. The van der Waals surface area contributed by atoms with Gasteiger partial charge in [-0.3, -0.25) is 9.69 Å². The molecule has 2 aromatic heterocycles. The predicted octanol–water partition coefficient (Wildman–Crippen LogP) is 6.83. The summed E-state index contributed by atoms with van der Waals surface area (Å²) in [7, 11) is 1.65. The van der Waals surface area contributed by atoms with Crippen LogP contribution in [-0.4, -0.2) is 37.2 Å². The zero-order valence-electron chi connectivity index (χ0n) is 25.6. The Morgan fingerprint density at radius 2 is 1.67 bits per heavy atom. The van der Waals surface area contributed by atoms with Gasteiger partial charge in [-0.05, 0) is 88.8 Å². The average Bonchev–Trinajstić information content (AvgIpc) is 3.50. The number of aryl methyl sites for hydroxylation is 4. The molecule has 0 spiro atoms. The van der Waals surface area contributed by atoms with Crippen LogP contribution >= 0.6 is 11.6 Å². The van der Waals surface area contributed by atoms with Crippen molar-refractivity contribution in [3.8, 4) is 5.75 Å². The van der Waals surface area contributed by atoms with Gasteiger partial charge in [0.2, 0.25) is 0 Å². The van der Waals surface area contributed by atoms with E-state index >= 15 is 0 Å². The first kappa shape index (κ1) is 30.2. The summed E-state index contributed by atoms with van der Waals surface area (Å²) in [5.74, 6) is 1.36. The average molecular weight is 619 g/mol. The molecule has 1 N–H and O–H groups in total. The Labute approximate surface area is 267 Å². The van der Waals surface area contributed by atoms with E-state index in [4.69, 9.17) is 16.3 Å². The van der Waals surface area contributed by atoms with Gasteiger partial charge >= 0.3 is 0 Å². The lowest BCUT2D eigenvalue weighted by atomic mass is 9.99. The summed E-state index contributed by atoms with van der Waals surface area (Å²) in [5.41, 5.74) is 6.50. The summed E-state index contributed by atoms with van der Waals surface area (Å²) in [6.45, 7) is 5.59. The maximum atomic E-state index is 14.0. The fourth-order valence-corrected chi connectivity index (χ4v) is 6.08.